The molecular formula is C13H24N4O. The van der Waals surface area contributed by atoms with Gasteiger partial charge in [0.1, 0.15) is 6.33 Å². The van der Waals surface area contributed by atoms with E-state index < -0.39 is 0 Å². The maximum atomic E-state index is 5.61. The van der Waals surface area contributed by atoms with E-state index >= 15 is 0 Å². The van der Waals surface area contributed by atoms with Gasteiger partial charge in [-0.15, -0.1) is 0 Å². The molecule has 1 aromatic rings. The predicted molar refractivity (Wildman–Crippen MR) is 70.2 cm³/mol. The minimum Gasteiger partial charge on any atom is -0.378 e. The van der Waals surface area contributed by atoms with Crippen molar-refractivity contribution in [2.75, 3.05) is 6.61 Å². The molecular weight excluding hydrogens is 228 g/mol. The lowest BCUT2D eigenvalue weighted by molar-refractivity contribution is 0.101. The van der Waals surface area contributed by atoms with Crippen LogP contribution < -0.4 is 5.32 Å². The summed E-state index contributed by atoms with van der Waals surface area (Å²) in [6, 6.07) is 0.469. The Kier molecular flexibility index (Phi) is 5.13. The Morgan fingerprint density at radius 1 is 1.56 bits per heavy atom. The van der Waals surface area contributed by atoms with E-state index in [0.717, 1.165) is 38.4 Å². The van der Waals surface area contributed by atoms with Crippen LogP contribution in [0.1, 0.15) is 45.4 Å². The lowest BCUT2D eigenvalue weighted by atomic mass is 10.1. The highest BCUT2D eigenvalue weighted by atomic mass is 16.5. The summed E-state index contributed by atoms with van der Waals surface area (Å²) in [6.45, 7) is 6.88. The molecule has 0 radical (unpaired) electrons. The molecule has 102 valence electrons. The number of nitrogens with one attached hydrogen (secondary N) is 1. The number of nitrogens with zero attached hydrogens (tertiary/aromatic N) is 3. The molecule has 1 fully saturated rings. The molecule has 0 aliphatic carbocycles. The summed E-state index contributed by atoms with van der Waals surface area (Å²) >= 11 is 0. The van der Waals surface area contributed by atoms with Gasteiger partial charge >= 0.3 is 0 Å². The lowest BCUT2D eigenvalue weighted by Gasteiger charge is -2.08. The van der Waals surface area contributed by atoms with Gasteiger partial charge in [-0.1, -0.05) is 13.8 Å². The van der Waals surface area contributed by atoms with Gasteiger partial charge in [-0.2, -0.15) is 5.10 Å². The predicted octanol–water partition coefficient (Wildman–Crippen LogP) is 1.74. The third-order valence-corrected chi connectivity index (χ3v) is 3.19. The average Bonchev–Trinajstić information content (AvgIpc) is 2.97. The van der Waals surface area contributed by atoms with Crippen LogP contribution in [0.25, 0.3) is 0 Å². The van der Waals surface area contributed by atoms with Gasteiger partial charge in [0.2, 0.25) is 0 Å². The number of hydrogen-bond donors (Lipinski definition) is 1. The van der Waals surface area contributed by atoms with Crippen molar-refractivity contribution in [1.82, 2.24) is 20.1 Å². The summed E-state index contributed by atoms with van der Waals surface area (Å²) in [6.07, 6.45) is 7.01. The minimum atomic E-state index is 0.469. The van der Waals surface area contributed by atoms with Crippen molar-refractivity contribution in [3.05, 3.63) is 12.2 Å². The summed E-state index contributed by atoms with van der Waals surface area (Å²) in [5.41, 5.74) is 0. The third-order valence-electron chi connectivity index (χ3n) is 3.19. The highest BCUT2D eigenvalue weighted by Crippen LogP contribution is 2.16. The smallest absolute Gasteiger partial charge is 0.164 e. The molecule has 1 N–H and O–H groups in total. The van der Waals surface area contributed by atoms with E-state index in [1.807, 2.05) is 11.0 Å². The molecule has 2 rings (SSSR count). The third kappa shape index (κ3) is 4.38. The molecule has 0 aromatic carbocycles. The fourth-order valence-electron chi connectivity index (χ4n) is 2.17. The minimum absolute atomic E-state index is 0.469. The fourth-order valence-corrected chi connectivity index (χ4v) is 2.17. The van der Waals surface area contributed by atoms with E-state index in [9.17, 15) is 0 Å². The zero-order valence-corrected chi connectivity index (χ0v) is 11.4. The van der Waals surface area contributed by atoms with Gasteiger partial charge in [0.05, 0.1) is 12.6 Å². The number of aromatic nitrogens is 3. The second-order valence-corrected chi connectivity index (χ2v) is 5.24. The standard InChI is InChI=1S/C13H24N4O/c1-11(2)14-9-13-15-10-17(16-13)7-3-5-12-6-4-8-18-12/h10-12,14H,3-9H2,1-2H3. The van der Waals surface area contributed by atoms with Crippen LogP contribution in [-0.2, 0) is 17.8 Å². The first-order valence-corrected chi connectivity index (χ1v) is 6.97. The van der Waals surface area contributed by atoms with Crippen molar-refractivity contribution in [2.24, 2.45) is 0 Å². The van der Waals surface area contributed by atoms with Crippen molar-refractivity contribution >= 4 is 0 Å². The van der Waals surface area contributed by atoms with Gasteiger partial charge < -0.3 is 10.1 Å². The van der Waals surface area contributed by atoms with E-state index in [2.05, 4.69) is 29.2 Å². The first-order chi connectivity index (χ1) is 8.74. The van der Waals surface area contributed by atoms with Crippen LogP contribution in [0.2, 0.25) is 0 Å². The molecule has 5 nitrogen and oxygen atoms in total. The molecule has 1 atom stereocenters. The molecule has 0 amide bonds. The normalized spacial score (nSPS) is 19.8. The second kappa shape index (κ2) is 6.85. The number of ether oxygens (including phenoxy) is 1. The molecule has 0 spiro atoms. The van der Waals surface area contributed by atoms with Crippen molar-refractivity contribution < 1.29 is 4.74 Å². The van der Waals surface area contributed by atoms with Crippen LogP contribution in [-0.4, -0.2) is 33.5 Å². The molecule has 1 aliphatic rings. The molecule has 5 heteroatoms. The van der Waals surface area contributed by atoms with Crippen LogP contribution >= 0.6 is 0 Å². The van der Waals surface area contributed by atoms with Gasteiger partial charge in [-0.3, -0.25) is 4.68 Å². The van der Waals surface area contributed by atoms with Crippen LogP contribution in [0.4, 0.5) is 0 Å². The van der Waals surface area contributed by atoms with Crippen LogP contribution in [0.15, 0.2) is 6.33 Å². The first-order valence-electron chi connectivity index (χ1n) is 6.97. The Hall–Kier alpha value is -0.940. The Balaban J connectivity index is 1.66. The molecule has 1 aromatic heterocycles. The molecule has 0 saturated carbocycles. The maximum Gasteiger partial charge on any atom is 0.164 e. The first kappa shape index (κ1) is 13.5. The largest absolute Gasteiger partial charge is 0.378 e. The van der Waals surface area contributed by atoms with E-state index in [-0.39, 0.29) is 0 Å². The topological polar surface area (TPSA) is 52.0 Å². The van der Waals surface area contributed by atoms with Crippen LogP contribution in [0.5, 0.6) is 0 Å². The lowest BCUT2D eigenvalue weighted by Crippen LogP contribution is -2.22. The summed E-state index contributed by atoms with van der Waals surface area (Å²) in [5.74, 6) is 0.876. The Bertz CT molecular complexity index is 345. The molecule has 1 aliphatic heterocycles. The molecule has 2 heterocycles. The zero-order valence-electron chi connectivity index (χ0n) is 11.4. The Morgan fingerprint density at radius 2 is 2.44 bits per heavy atom. The van der Waals surface area contributed by atoms with Gasteiger partial charge in [0.25, 0.3) is 0 Å². The van der Waals surface area contributed by atoms with E-state index in [1.54, 1.807) is 0 Å². The zero-order chi connectivity index (χ0) is 12.8. The van der Waals surface area contributed by atoms with Crippen molar-refractivity contribution in [3.63, 3.8) is 0 Å². The fraction of sp³-hybridized carbons (Fsp3) is 0.846. The van der Waals surface area contributed by atoms with Crippen molar-refractivity contribution in [3.8, 4) is 0 Å². The van der Waals surface area contributed by atoms with Crippen LogP contribution in [0, 0.1) is 0 Å². The maximum absolute atomic E-state index is 5.61. The second-order valence-electron chi connectivity index (χ2n) is 5.24. The molecule has 1 unspecified atom stereocenters. The quantitative estimate of drug-likeness (QED) is 0.803. The number of rotatable bonds is 7. The van der Waals surface area contributed by atoms with Gasteiger partial charge in [0, 0.05) is 19.2 Å². The van der Waals surface area contributed by atoms with Gasteiger partial charge in [0.15, 0.2) is 5.82 Å². The van der Waals surface area contributed by atoms with E-state index in [4.69, 9.17) is 4.74 Å². The highest BCUT2D eigenvalue weighted by Gasteiger charge is 2.14. The van der Waals surface area contributed by atoms with Crippen LogP contribution in [0.3, 0.4) is 0 Å². The van der Waals surface area contributed by atoms with Crippen molar-refractivity contribution in [2.45, 2.75) is 64.8 Å². The number of hydrogen-bond acceptors (Lipinski definition) is 4. The summed E-state index contributed by atoms with van der Waals surface area (Å²) in [7, 11) is 0. The highest BCUT2D eigenvalue weighted by molar-refractivity contribution is 4.81. The SMILES string of the molecule is CC(C)NCc1ncn(CCCC2CCCO2)n1. The van der Waals surface area contributed by atoms with Gasteiger partial charge in [-0.25, -0.2) is 4.98 Å². The Labute approximate surface area is 109 Å². The van der Waals surface area contributed by atoms with E-state index in [1.165, 1.54) is 12.8 Å². The van der Waals surface area contributed by atoms with Gasteiger partial charge in [-0.05, 0) is 25.7 Å². The Morgan fingerprint density at radius 3 is 3.17 bits per heavy atom. The molecule has 1 saturated heterocycles. The summed E-state index contributed by atoms with van der Waals surface area (Å²) in [5, 5.41) is 7.77. The molecule has 18 heavy (non-hydrogen) atoms. The monoisotopic (exact) mass is 252 g/mol. The number of aryl methyl sites for hydroxylation is 1. The van der Waals surface area contributed by atoms with Crippen molar-refractivity contribution in [1.29, 1.82) is 0 Å². The summed E-state index contributed by atoms with van der Waals surface area (Å²) in [4.78, 5) is 4.30. The van der Waals surface area contributed by atoms with E-state index in [0.29, 0.717) is 12.1 Å². The summed E-state index contributed by atoms with van der Waals surface area (Å²) < 4.78 is 7.54. The molecule has 0 bridgehead atoms. The average molecular weight is 252 g/mol.